The van der Waals surface area contributed by atoms with Crippen LogP contribution in [0.5, 0.6) is 0 Å². The van der Waals surface area contributed by atoms with Gasteiger partial charge in [0.05, 0.1) is 16.3 Å². The summed E-state index contributed by atoms with van der Waals surface area (Å²) in [6.45, 7) is 1.88. The van der Waals surface area contributed by atoms with Crippen LogP contribution in [0.2, 0.25) is 0 Å². The number of thiazole rings is 1. The first kappa shape index (κ1) is 23.3. The Labute approximate surface area is 216 Å². The summed E-state index contributed by atoms with van der Waals surface area (Å²) in [6.07, 6.45) is 8.47. The van der Waals surface area contributed by atoms with Crippen LogP contribution in [0.15, 0.2) is 35.5 Å². The highest BCUT2D eigenvalue weighted by Gasteiger charge is 2.39. The number of ether oxygens (including phenoxy) is 1. The molecule has 2 aliphatic heterocycles. The van der Waals surface area contributed by atoms with Crippen molar-refractivity contribution in [1.82, 2.24) is 24.8 Å². The number of nitrogens with one attached hydrogen (secondary N) is 2. The van der Waals surface area contributed by atoms with E-state index in [1.54, 1.807) is 28.0 Å². The molecule has 3 aliphatic rings. The molecule has 0 spiro atoms. The zero-order chi connectivity index (χ0) is 24.6. The topological polar surface area (TPSA) is 113 Å². The lowest BCUT2D eigenvalue weighted by molar-refractivity contribution is 0.0617. The van der Waals surface area contributed by atoms with Crippen molar-refractivity contribution >= 4 is 56.4 Å². The van der Waals surface area contributed by atoms with Gasteiger partial charge in [0.15, 0.2) is 5.13 Å². The average molecular weight is 526 g/mol. The van der Waals surface area contributed by atoms with Crippen LogP contribution in [-0.4, -0.2) is 87.4 Å². The van der Waals surface area contributed by atoms with Crippen LogP contribution >= 0.6 is 23.1 Å². The minimum Gasteiger partial charge on any atom is -0.447 e. The van der Waals surface area contributed by atoms with E-state index in [0.29, 0.717) is 49.8 Å². The molecule has 3 aromatic rings. The molecule has 0 radical (unpaired) electrons. The van der Waals surface area contributed by atoms with E-state index in [4.69, 9.17) is 9.72 Å². The number of hydrogen-bond donors (Lipinski definition) is 2. The molecule has 6 rings (SSSR count). The molecule has 1 saturated carbocycles. The number of hydrogen-bond acceptors (Lipinski definition) is 10. The van der Waals surface area contributed by atoms with Gasteiger partial charge in [-0.1, -0.05) is 11.3 Å². The predicted molar refractivity (Wildman–Crippen MR) is 140 cm³/mol. The fourth-order valence-electron chi connectivity index (χ4n) is 5.07. The molecule has 12 heteroatoms. The third kappa shape index (κ3) is 4.66. The van der Waals surface area contributed by atoms with E-state index in [9.17, 15) is 9.59 Å². The molecule has 2 amide bonds. The second kappa shape index (κ2) is 9.74. The molecule has 4 heterocycles. The van der Waals surface area contributed by atoms with Gasteiger partial charge in [-0.15, -0.1) is 11.8 Å². The minimum absolute atomic E-state index is 0.0173. The van der Waals surface area contributed by atoms with Gasteiger partial charge in [0.2, 0.25) is 5.95 Å². The molecule has 0 unspecified atom stereocenters. The fourth-order valence-corrected chi connectivity index (χ4v) is 6.37. The van der Waals surface area contributed by atoms with Gasteiger partial charge in [-0.25, -0.2) is 19.7 Å². The van der Waals surface area contributed by atoms with Crippen LogP contribution in [0.3, 0.4) is 0 Å². The van der Waals surface area contributed by atoms with Gasteiger partial charge in [0, 0.05) is 54.6 Å². The molecule has 36 heavy (non-hydrogen) atoms. The maximum atomic E-state index is 13.2. The molecular formula is C24H27N7O3S2. The number of fused-ring (bicyclic) bond motifs is 2. The molecular weight excluding hydrogens is 498 g/mol. The number of benzene rings is 1. The van der Waals surface area contributed by atoms with Crippen molar-refractivity contribution in [3.63, 3.8) is 0 Å². The molecule has 2 aromatic heterocycles. The Morgan fingerprint density at radius 3 is 2.78 bits per heavy atom. The van der Waals surface area contributed by atoms with Gasteiger partial charge in [0.25, 0.3) is 5.91 Å². The molecule has 0 bridgehead atoms. The number of nitrogens with zero attached hydrogens (tertiary/aromatic N) is 5. The highest BCUT2D eigenvalue weighted by atomic mass is 32.2. The summed E-state index contributed by atoms with van der Waals surface area (Å²) < 4.78 is 6.10. The van der Waals surface area contributed by atoms with Crippen LogP contribution in [0.4, 0.5) is 15.9 Å². The van der Waals surface area contributed by atoms with Crippen LogP contribution in [0, 0.1) is 0 Å². The largest absolute Gasteiger partial charge is 0.447 e. The van der Waals surface area contributed by atoms with Crippen LogP contribution in [0.25, 0.3) is 10.2 Å². The van der Waals surface area contributed by atoms with Gasteiger partial charge < -0.3 is 20.3 Å². The Balaban J connectivity index is 1.07. The first-order valence-corrected chi connectivity index (χ1v) is 14.1. The van der Waals surface area contributed by atoms with Gasteiger partial charge in [-0.2, -0.15) is 0 Å². The molecule has 10 nitrogen and oxygen atoms in total. The molecule has 2 N–H and O–H groups in total. The summed E-state index contributed by atoms with van der Waals surface area (Å²) >= 11 is 3.20. The van der Waals surface area contributed by atoms with Crippen molar-refractivity contribution in [3.8, 4) is 0 Å². The summed E-state index contributed by atoms with van der Waals surface area (Å²) in [7, 11) is 0. The number of carbonyl (C=O) groups excluding carboxylic acids is 2. The van der Waals surface area contributed by atoms with Crippen molar-refractivity contribution in [2.75, 3.05) is 43.1 Å². The number of piperazine rings is 1. The van der Waals surface area contributed by atoms with Gasteiger partial charge >= 0.3 is 6.09 Å². The van der Waals surface area contributed by atoms with Crippen molar-refractivity contribution < 1.29 is 14.3 Å². The highest BCUT2D eigenvalue weighted by Crippen LogP contribution is 2.31. The Bertz CT molecular complexity index is 1280. The maximum absolute atomic E-state index is 13.2. The van der Waals surface area contributed by atoms with E-state index in [0.717, 1.165) is 39.5 Å². The van der Waals surface area contributed by atoms with Crippen LogP contribution in [-0.2, 0) is 4.74 Å². The third-order valence-electron chi connectivity index (χ3n) is 7.00. The minimum atomic E-state index is -0.277. The Morgan fingerprint density at radius 1 is 1.17 bits per heavy atom. The Kier molecular flexibility index (Phi) is 6.30. The number of thioether (sulfide) groups is 1. The predicted octanol–water partition coefficient (Wildman–Crippen LogP) is 3.53. The highest BCUT2D eigenvalue weighted by molar-refractivity contribution is 7.98. The quantitative estimate of drug-likeness (QED) is 0.467. The zero-order valence-electron chi connectivity index (χ0n) is 19.8. The fraction of sp³-hybridized carbons (Fsp3) is 0.458. The number of anilines is 2. The van der Waals surface area contributed by atoms with Crippen molar-refractivity contribution in [3.05, 3.63) is 36.2 Å². The SMILES string of the molecule is CSc1cnc(N[C@H]2CC[C@H](Nc3nc4ccc(C(=O)N5CCN6C(=O)OC[C@H]6C5)cc4s3)C2)nc1. The molecule has 188 valence electrons. The standard InChI is InChI=1S/C24H27N7O3S2/c1-35-18-10-25-22(26-11-18)27-15-3-4-16(9-15)28-23-29-19-5-2-14(8-20(19)36-23)21(32)30-6-7-31-17(12-30)13-34-24(31)33/h2,5,8,10-11,15-17H,3-4,6-7,9,12-13H2,1H3,(H,28,29)(H,25,26,27)/t15-,16-,17+/m0/s1. The second-order valence-corrected chi connectivity index (χ2v) is 11.2. The van der Waals surface area contributed by atoms with E-state index < -0.39 is 0 Å². The lowest BCUT2D eigenvalue weighted by Gasteiger charge is -2.35. The van der Waals surface area contributed by atoms with E-state index in [1.165, 1.54) is 0 Å². The monoisotopic (exact) mass is 525 g/mol. The number of carbonyl (C=O) groups is 2. The summed E-state index contributed by atoms with van der Waals surface area (Å²) in [5.74, 6) is 0.653. The number of aromatic nitrogens is 3. The first-order chi connectivity index (χ1) is 17.6. The van der Waals surface area contributed by atoms with Crippen molar-refractivity contribution in [2.24, 2.45) is 0 Å². The van der Waals surface area contributed by atoms with E-state index in [-0.39, 0.29) is 18.0 Å². The van der Waals surface area contributed by atoms with E-state index >= 15 is 0 Å². The lowest BCUT2D eigenvalue weighted by atomic mass is 10.1. The summed E-state index contributed by atoms with van der Waals surface area (Å²) in [5, 5.41) is 7.90. The van der Waals surface area contributed by atoms with E-state index in [2.05, 4.69) is 20.6 Å². The molecule has 3 atom stereocenters. The second-order valence-electron chi connectivity index (χ2n) is 9.32. The van der Waals surface area contributed by atoms with Crippen LogP contribution < -0.4 is 10.6 Å². The summed E-state index contributed by atoms with van der Waals surface area (Å²) in [5.41, 5.74) is 1.53. The lowest BCUT2D eigenvalue weighted by Crippen LogP contribution is -2.53. The van der Waals surface area contributed by atoms with E-state index in [1.807, 2.05) is 41.7 Å². The third-order valence-corrected chi connectivity index (χ3v) is 8.63. The van der Waals surface area contributed by atoms with Crippen molar-refractivity contribution in [1.29, 1.82) is 0 Å². The molecule has 1 aliphatic carbocycles. The number of cyclic esters (lactones) is 1. The van der Waals surface area contributed by atoms with Crippen LogP contribution in [0.1, 0.15) is 29.6 Å². The number of rotatable bonds is 6. The Hall–Kier alpha value is -3.12. The Morgan fingerprint density at radius 2 is 1.97 bits per heavy atom. The smallest absolute Gasteiger partial charge is 0.410 e. The normalized spacial score (nSPS) is 23.6. The molecule has 3 fully saturated rings. The molecule has 2 saturated heterocycles. The van der Waals surface area contributed by atoms with Gasteiger partial charge in [-0.3, -0.25) is 9.69 Å². The first-order valence-electron chi connectivity index (χ1n) is 12.1. The summed E-state index contributed by atoms with van der Waals surface area (Å²) in [6, 6.07) is 6.28. The molecule has 1 aromatic carbocycles. The summed E-state index contributed by atoms with van der Waals surface area (Å²) in [4.78, 5) is 43.0. The van der Waals surface area contributed by atoms with Gasteiger partial charge in [-0.05, 0) is 43.7 Å². The van der Waals surface area contributed by atoms with Gasteiger partial charge in [0.1, 0.15) is 6.61 Å². The maximum Gasteiger partial charge on any atom is 0.410 e. The average Bonchev–Trinajstić information content (AvgIpc) is 3.62. The van der Waals surface area contributed by atoms with Crippen molar-refractivity contribution in [2.45, 2.75) is 42.3 Å². The zero-order valence-corrected chi connectivity index (χ0v) is 21.5. The number of amides is 2.